The number of nitrogens with one attached hydrogen (secondary N) is 2. The maximum Gasteiger partial charge on any atom is 0.219 e. The van der Waals surface area contributed by atoms with E-state index in [0.29, 0.717) is 6.42 Å². The van der Waals surface area contributed by atoms with Crippen molar-refractivity contribution >= 4 is 5.91 Å². The molecule has 0 aromatic carbocycles. The van der Waals surface area contributed by atoms with E-state index in [-0.39, 0.29) is 5.91 Å². The van der Waals surface area contributed by atoms with Gasteiger partial charge in [-0.15, -0.1) is 0 Å². The first-order valence-electron chi connectivity index (χ1n) is 4.22. The molecule has 0 fully saturated rings. The predicted octanol–water partition coefficient (Wildman–Crippen LogP) is 0.512. The summed E-state index contributed by atoms with van der Waals surface area (Å²) in [5.41, 5.74) is 0. The minimum absolute atomic E-state index is 0.140. The number of hydrogen-bond donors (Lipinski definition) is 2. The molecule has 0 aliphatic heterocycles. The van der Waals surface area contributed by atoms with Crippen LogP contribution in [0.2, 0.25) is 0 Å². The normalized spacial score (nSPS) is 9.64. The number of carbonyl (C=O) groups is 1. The Morgan fingerprint density at radius 1 is 1.36 bits per heavy atom. The number of unbranched alkanes of at least 4 members (excludes halogenated alkanes) is 1. The van der Waals surface area contributed by atoms with Crippen molar-refractivity contribution in [3.63, 3.8) is 0 Å². The van der Waals surface area contributed by atoms with Crippen molar-refractivity contribution < 1.29 is 4.79 Å². The molecule has 0 rings (SSSR count). The quantitative estimate of drug-likeness (QED) is 0.553. The molecule has 0 heterocycles. The van der Waals surface area contributed by atoms with Crippen molar-refractivity contribution in [3.8, 4) is 0 Å². The number of amides is 1. The second-order valence-electron chi connectivity index (χ2n) is 2.48. The van der Waals surface area contributed by atoms with E-state index in [9.17, 15) is 4.79 Å². The molecular weight excluding hydrogens is 140 g/mol. The number of carbonyl (C=O) groups excluding carboxylic acids is 1. The van der Waals surface area contributed by atoms with Gasteiger partial charge in [0.05, 0.1) is 0 Å². The van der Waals surface area contributed by atoms with Gasteiger partial charge >= 0.3 is 0 Å². The van der Waals surface area contributed by atoms with Crippen LogP contribution in [0, 0.1) is 0 Å². The van der Waals surface area contributed by atoms with Gasteiger partial charge in [0.15, 0.2) is 0 Å². The van der Waals surface area contributed by atoms with E-state index < -0.39 is 0 Å². The summed E-state index contributed by atoms with van der Waals surface area (Å²) in [4.78, 5) is 10.7. The number of hydrogen-bond acceptors (Lipinski definition) is 2. The molecule has 66 valence electrons. The zero-order chi connectivity index (χ0) is 8.53. The van der Waals surface area contributed by atoms with E-state index >= 15 is 0 Å². The fourth-order valence-corrected chi connectivity index (χ4v) is 0.837. The molecule has 0 aromatic heterocycles. The average Bonchev–Trinajstić information content (AvgIpc) is 2.04. The summed E-state index contributed by atoms with van der Waals surface area (Å²) in [6, 6.07) is 0. The molecule has 3 heteroatoms. The Hall–Kier alpha value is -0.570. The maximum atomic E-state index is 10.7. The monoisotopic (exact) mass is 158 g/mol. The smallest absolute Gasteiger partial charge is 0.219 e. The molecule has 0 saturated heterocycles. The van der Waals surface area contributed by atoms with Gasteiger partial charge in [-0.05, 0) is 25.9 Å². The molecule has 0 unspecified atom stereocenters. The van der Waals surface area contributed by atoms with Gasteiger partial charge in [0.2, 0.25) is 5.91 Å². The van der Waals surface area contributed by atoms with Gasteiger partial charge in [0, 0.05) is 13.5 Å². The van der Waals surface area contributed by atoms with Crippen LogP contribution in [0.1, 0.15) is 26.2 Å². The molecule has 2 N–H and O–H groups in total. The summed E-state index contributed by atoms with van der Waals surface area (Å²) in [5.74, 6) is 0.140. The van der Waals surface area contributed by atoms with Gasteiger partial charge in [-0.2, -0.15) is 0 Å². The molecule has 0 aliphatic rings. The van der Waals surface area contributed by atoms with Gasteiger partial charge in [0.1, 0.15) is 0 Å². The van der Waals surface area contributed by atoms with Crippen LogP contribution in [0.25, 0.3) is 0 Å². The Kier molecular flexibility index (Phi) is 7.15. The van der Waals surface area contributed by atoms with Crippen molar-refractivity contribution in [2.45, 2.75) is 26.2 Å². The second kappa shape index (κ2) is 7.54. The van der Waals surface area contributed by atoms with Gasteiger partial charge in [0.25, 0.3) is 0 Å². The molecule has 0 atom stereocenters. The van der Waals surface area contributed by atoms with Crippen LogP contribution in [0.3, 0.4) is 0 Å². The lowest BCUT2D eigenvalue weighted by atomic mass is 10.2. The van der Waals surface area contributed by atoms with Crippen LogP contribution in [-0.4, -0.2) is 26.0 Å². The molecule has 0 spiro atoms. The zero-order valence-corrected chi connectivity index (χ0v) is 7.44. The second-order valence-corrected chi connectivity index (χ2v) is 2.48. The van der Waals surface area contributed by atoms with E-state index in [0.717, 1.165) is 25.9 Å². The highest BCUT2D eigenvalue weighted by Gasteiger charge is 1.95. The third-order valence-electron chi connectivity index (χ3n) is 1.54. The Labute approximate surface area is 68.6 Å². The molecule has 1 amide bonds. The van der Waals surface area contributed by atoms with Crippen LogP contribution in [0.15, 0.2) is 0 Å². The van der Waals surface area contributed by atoms with Crippen molar-refractivity contribution in [3.05, 3.63) is 0 Å². The van der Waals surface area contributed by atoms with Crippen molar-refractivity contribution in [1.29, 1.82) is 0 Å². The molecule has 0 aliphatic carbocycles. The lowest BCUT2D eigenvalue weighted by Crippen LogP contribution is -2.18. The topological polar surface area (TPSA) is 41.1 Å². The lowest BCUT2D eigenvalue weighted by Gasteiger charge is -2.00. The standard InChI is InChI=1S/C8H18N2O/c1-3-10-7-5-4-6-8(11)9-2/h10H,3-7H2,1-2H3,(H,9,11). The predicted molar refractivity (Wildman–Crippen MR) is 46.5 cm³/mol. The van der Waals surface area contributed by atoms with Gasteiger partial charge in [-0.25, -0.2) is 0 Å². The average molecular weight is 158 g/mol. The molecular formula is C8H18N2O. The Morgan fingerprint density at radius 3 is 2.64 bits per heavy atom. The van der Waals surface area contributed by atoms with Gasteiger partial charge in [-0.1, -0.05) is 6.92 Å². The van der Waals surface area contributed by atoms with Crippen LogP contribution in [0.5, 0.6) is 0 Å². The summed E-state index contributed by atoms with van der Waals surface area (Å²) in [7, 11) is 1.67. The van der Waals surface area contributed by atoms with Crippen LogP contribution >= 0.6 is 0 Å². The highest BCUT2D eigenvalue weighted by molar-refractivity contribution is 5.75. The van der Waals surface area contributed by atoms with Crippen LogP contribution < -0.4 is 10.6 Å². The first kappa shape index (κ1) is 10.4. The Morgan fingerprint density at radius 2 is 2.09 bits per heavy atom. The molecule has 0 aromatic rings. The summed E-state index contributed by atoms with van der Waals surface area (Å²) in [5, 5.41) is 5.80. The maximum absolute atomic E-state index is 10.7. The SMILES string of the molecule is CCNCCCCC(=O)NC. The lowest BCUT2D eigenvalue weighted by molar-refractivity contribution is -0.120. The van der Waals surface area contributed by atoms with E-state index in [4.69, 9.17) is 0 Å². The van der Waals surface area contributed by atoms with Gasteiger partial charge in [-0.3, -0.25) is 4.79 Å². The van der Waals surface area contributed by atoms with E-state index in [1.165, 1.54) is 0 Å². The highest BCUT2D eigenvalue weighted by atomic mass is 16.1. The van der Waals surface area contributed by atoms with E-state index in [2.05, 4.69) is 17.6 Å². The van der Waals surface area contributed by atoms with E-state index in [1.807, 2.05) is 0 Å². The largest absolute Gasteiger partial charge is 0.359 e. The summed E-state index contributed by atoms with van der Waals surface area (Å²) in [6.07, 6.45) is 2.72. The fourth-order valence-electron chi connectivity index (χ4n) is 0.837. The third-order valence-corrected chi connectivity index (χ3v) is 1.54. The first-order chi connectivity index (χ1) is 5.31. The molecule has 0 saturated carbocycles. The fraction of sp³-hybridized carbons (Fsp3) is 0.875. The van der Waals surface area contributed by atoms with Crippen molar-refractivity contribution in [2.75, 3.05) is 20.1 Å². The third kappa shape index (κ3) is 7.33. The molecule has 11 heavy (non-hydrogen) atoms. The minimum Gasteiger partial charge on any atom is -0.359 e. The molecule has 0 radical (unpaired) electrons. The van der Waals surface area contributed by atoms with Crippen molar-refractivity contribution in [2.24, 2.45) is 0 Å². The minimum atomic E-state index is 0.140. The number of rotatable bonds is 6. The van der Waals surface area contributed by atoms with Crippen LogP contribution in [-0.2, 0) is 4.79 Å². The van der Waals surface area contributed by atoms with E-state index in [1.54, 1.807) is 7.05 Å². The first-order valence-corrected chi connectivity index (χ1v) is 4.22. The van der Waals surface area contributed by atoms with Crippen molar-refractivity contribution in [1.82, 2.24) is 10.6 Å². The zero-order valence-electron chi connectivity index (χ0n) is 7.44. The summed E-state index contributed by atoms with van der Waals surface area (Å²) >= 11 is 0. The summed E-state index contributed by atoms with van der Waals surface area (Å²) < 4.78 is 0. The molecule has 3 nitrogen and oxygen atoms in total. The highest BCUT2D eigenvalue weighted by Crippen LogP contribution is 1.92. The summed E-state index contributed by atoms with van der Waals surface area (Å²) in [6.45, 7) is 4.12. The Bertz CT molecular complexity index is 104. The Balaban J connectivity index is 2.95. The van der Waals surface area contributed by atoms with Crippen LogP contribution in [0.4, 0.5) is 0 Å². The van der Waals surface area contributed by atoms with Gasteiger partial charge < -0.3 is 10.6 Å². The molecule has 0 bridgehead atoms.